The van der Waals surface area contributed by atoms with Crippen LogP contribution in [0.3, 0.4) is 0 Å². The third kappa shape index (κ3) is 4.58. The molecule has 0 radical (unpaired) electrons. The van der Waals surface area contributed by atoms with Crippen molar-refractivity contribution in [2.45, 2.75) is 44.7 Å². The van der Waals surface area contributed by atoms with Crippen molar-refractivity contribution in [3.8, 4) is 0 Å². The van der Waals surface area contributed by atoms with Crippen LogP contribution in [-0.2, 0) is 0 Å². The fourth-order valence-corrected chi connectivity index (χ4v) is 3.43. The molecule has 23 heavy (non-hydrogen) atoms. The van der Waals surface area contributed by atoms with E-state index in [-0.39, 0.29) is 24.7 Å². The molecule has 1 fully saturated rings. The summed E-state index contributed by atoms with van der Waals surface area (Å²) >= 11 is 6.04. The minimum Gasteiger partial charge on any atom is -0.396 e. The third-order valence-electron chi connectivity index (χ3n) is 4.71. The Morgan fingerprint density at radius 2 is 2.09 bits per heavy atom. The van der Waals surface area contributed by atoms with Crippen molar-refractivity contribution in [2.24, 2.45) is 5.92 Å². The number of nitrogens with one attached hydrogen (secondary N) is 1. The van der Waals surface area contributed by atoms with Crippen molar-refractivity contribution in [1.29, 1.82) is 0 Å². The fourth-order valence-electron chi connectivity index (χ4n) is 3.10. The number of aliphatic hydroxyl groups excluding tert-OH is 1. The van der Waals surface area contributed by atoms with Crippen LogP contribution in [0.2, 0.25) is 5.02 Å². The molecule has 1 saturated carbocycles. The van der Waals surface area contributed by atoms with Crippen LogP contribution < -0.4 is 5.32 Å². The summed E-state index contributed by atoms with van der Waals surface area (Å²) in [6.07, 6.45) is 3.69. The van der Waals surface area contributed by atoms with Gasteiger partial charge in [0.05, 0.1) is 6.04 Å². The van der Waals surface area contributed by atoms with Gasteiger partial charge in [0.1, 0.15) is 5.82 Å². The van der Waals surface area contributed by atoms with E-state index >= 15 is 0 Å². The summed E-state index contributed by atoms with van der Waals surface area (Å²) in [5, 5.41) is 12.4. The van der Waals surface area contributed by atoms with Gasteiger partial charge in [-0.3, -0.25) is 0 Å². The fraction of sp³-hybridized carbons (Fsp3) is 0.588. The molecule has 1 aliphatic rings. The Morgan fingerprint density at radius 1 is 1.43 bits per heavy atom. The molecule has 0 unspecified atom stereocenters. The van der Waals surface area contributed by atoms with Gasteiger partial charge >= 0.3 is 6.03 Å². The average molecular weight is 343 g/mol. The largest absolute Gasteiger partial charge is 0.396 e. The van der Waals surface area contributed by atoms with Gasteiger partial charge in [-0.05, 0) is 56.2 Å². The molecule has 1 aliphatic carbocycles. The summed E-state index contributed by atoms with van der Waals surface area (Å²) in [5.74, 6) is -0.0327. The van der Waals surface area contributed by atoms with Crippen LogP contribution >= 0.6 is 11.6 Å². The smallest absolute Gasteiger partial charge is 0.317 e. The Kier molecular flexibility index (Phi) is 6.25. The highest BCUT2D eigenvalue weighted by atomic mass is 35.5. The molecule has 0 heterocycles. The van der Waals surface area contributed by atoms with Gasteiger partial charge in [0, 0.05) is 24.7 Å². The molecule has 0 aromatic heterocycles. The first-order valence-corrected chi connectivity index (χ1v) is 8.39. The van der Waals surface area contributed by atoms with Gasteiger partial charge in [0.25, 0.3) is 0 Å². The van der Waals surface area contributed by atoms with E-state index in [4.69, 9.17) is 11.6 Å². The van der Waals surface area contributed by atoms with E-state index in [9.17, 15) is 14.3 Å². The lowest BCUT2D eigenvalue weighted by Crippen LogP contribution is -2.45. The molecule has 1 atom stereocenters. The summed E-state index contributed by atoms with van der Waals surface area (Å²) in [6, 6.07) is 3.91. The molecule has 0 spiro atoms. The predicted molar refractivity (Wildman–Crippen MR) is 89.0 cm³/mol. The van der Waals surface area contributed by atoms with Crippen LogP contribution in [0.4, 0.5) is 9.18 Å². The topological polar surface area (TPSA) is 52.6 Å². The van der Waals surface area contributed by atoms with Gasteiger partial charge in [-0.25, -0.2) is 9.18 Å². The van der Waals surface area contributed by atoms with Crippen LogP contribution in [0.15, 0.2) is 18.2 Å². The number of carbonyl (C=O) groups excluding carboxylic acids is 1. The second-order valence-corrected chi connectivity index (χ2v) is 6.71. The molecule has 0 saturated heterocycles. The number of benzene rings is 1. The molecule has 128 valence electrons. The first-order valence-electron chi connectivity index (χ1n) is 8.01. The van der Waals surface area contributed by atoms with Crippen molar-refractivity contribution in [3.05, 3.63) is 34.6 Å². The van der Waals surface area contributed by atoms with Crippen LogP contribution in [0.5, 0.6) is 0 Å². The average Bonchev–Trinajstić information content (AvgIpc) is 2.54. The normalized spacial score (nSPS) is 22.5. The van der Waals surface area contributed by atoms with Gasteiger partial charge in [0.2, 0.25) is 0 Å². The first-order chi connectivity index (χ1) is 10.9. The highest BCUT2D eigenvalue weighted by molar-refractivity contribution is 6.31. The lowest BCUT2D eigenvalue weighted by atomic mass is 9.86. The summed E-state index contributed by atoms with van der Waals surface area (Å²) in [4.78, 5) is 14.1. The summed E-state index contributed by atoms with van der Waals surface area (Å²) < 4.78 is 13.1. The van der Waals surface area contributed by atoms with E-state index in [1.54, 1.807) is 18.0 Å². The molecule has 2 rings (SSSR count). The molecule has 2 amide bonds. The zero-order valence-electron chi connectivity index (χ0n) is 13.6. The Hall–Kier alpha value is -1.33. The number of hydrogen-bond donors (Lipinski definition) is 2. The lowest BCUT2D eigenvalue weighted by molar-refractivity contribution is 0.133. The zero-order valence-corrected chi connectivity index (χ0v) is 14.3. The number of hydrogen-bond acceptors (Lipinski definition) is 2. The molecule has 0 bridgehead atoms. The molecule has 0 aliphatic heterocycles. The minimum atomic E-state index is -0.393. The van der Waals surface area contributed by atoms with Crippen molar-refractivity contribution < 1.29 is 14.3 Å². The molecule has 4 nitrogen and oxygen atoms in total. The number of carbonyl (C=O) groups is 1. The zero-order chi connectivity index (χ0) is 17.0. The van der Waals surface area contributed by atoms with E-state index in [0.717, 1.165) is 25.7 Å². The first kappa shape index (κ1) is 18.0. The molecule has 1 aromatic carbocycles. The van der Waals surface area contributed by atoms with Crippen molar-refractivity contribution in [3.63, 3.8) is 0 Å². The lowest BCUT2D eigenvalue weighted by Gasteiger charge is -2.34. The highest BCUT2D eigenvalue weighted by Crippen LogP contribution is 2.27. The van der Waals surface area contributed by atoms with Crippen molar-refractivity contribution in [1.82, 2.24) is 10.2 Å². The highest BCUT2D eigenvalue weighted by Gasteiger charge is 2.27. The Balaban J connectivity index is 1.92. The molecular formula is C17H24ClFN2O2. The number of halogens is 2. The van der Waals surface area contributed by atoms with E-state index in [1.165, 1.54) is 12.1 Å². The Morgan fingerprint density at radius 3 is 2.65 bits per heavy atom. The molecule has 2 N–H and O–H groups in total. The summed E-state index contributed by atoms with van der Waals surface area (Å²) in [6.45, 7) is 2.05. The number of amides is 2. The summed E-state index contributed by atoms with van der Waals surface area (Å²) in [7, 11) is 1.79. The number of nitrogens with zero attached hydrogens (tertiary/aromatic N) is 1. The predicted octanol–water partition coefficient (Wildman–Crippen LogP) is 3.73. The Bertz CT molecular complexity index is 547. The maximum Gasteiger partial charge on any atom is 0.317 e. The Labute approximate surface area is 141 Å². The monoisotopic (exact) mass is 342 g/mol. The van der Waals surface area contributed by atoms with E-state index < -0.39 is 5.82 Å². The SMILES string of the molecule is C[C@H](NC(=O)N(C)C1CCC(CO)CC1)c1ccc(F)cc1Cl. The number of aliphatic hydroxyl groups is 1. The van der Waals surface area contributed by atoms with Crippen LogP contribution in [0.1, 0.15) is 44.2 Å². The quantitative estimate of drug-likeness (QED) is 0.876. The van der Waals surface area contributed by atoms with Crippen LogP contribution in [0.25, 0.3) is 0 Å². The molecular weight excluding hydrogens is 319 g/mol. The minimum absolute atomic E-state index is 0.162. The third-order valence-corrected chi connectivity index (χ3v) is 5.04. The van der Waals surface area contributed by atoms with Crippen molar-refractivity contribution in [2.75, 3.05) is 13.7 Å². The van der Waals surface area contributed by atoms with Gasteiger partial charge < -0.3 is 15.3 Å². The second kappa shape index (κ2) is 7.97. The van der Waals surface area contributed by atoms with E-state index in [2.05, 4.69) is 5.32 Å². The van der Waals surface area contributed by atoms with Gasteiger partial charge in [-0.2, -0.15) is 0 Å². The second-order valence-electron chi connectivity index (χ2n) is 6.31. The van der Waals surface area contributed by atoms with Crippen LogP contribution in [0, 0.1) is 11.7 Å². The van der Waals surface area contributed by atoms with Crippen molar-refractivity contribution >= 4 is 17.6 Å². The summed E-state index contributed by atoms with van der Waals surface area (Å²) in [5.41, 5.74) is 0.693. The van der Waals surface area contributed by atoms with Gasteiger partial charge in [-0.1, -0.05) is 17.7 Å². The maximum absolute atomic E-state index is 13.1. The molecule has 6 heteroatoms. The standard InChI is InChI=1S/C17H24ClFN2O2/c1-11(15-8-5-13(19)9-16(15)18)20-17(23)21(2)14-6-3-12(10-22)4-7-14/h5,8-9,11-12,14,22H,3-4,6-7,10H2,1-2H3,(H,20,23)/t11-,12?,14?/m0/s1. The molecule has 1 aromatic rings. The number of urea groups is 1. The van der Waals surface area contributed by atoms with Crippen LogP contribution in [-0.4, -0.2) is 35.7 Å². The number of rotatable bonds is 4. The van der Waals surface area contributed by atoms with Gasteiger partial charge in [0.15, 0.2) is 0 Å². The van der Waals surface area contributed by atoms with E-state index in [0.29, 0.717) is 16.5 Å². The van der Waals surface area contributed by atoms with Gasteiger partial charge in [-0.15, -0.1) is 0 Å². The van der Waals surface area contributed by atoms with E-state index in [1.807, 2.05) is 6.92 Å². The maximum atomic E-state index is 13.1.